The molecule has 0 saturated carbocycles. The molecule has 1 N–H and O–H groups in total. The quantitative estimate of drug-likeness (QED) is 0.605. The van der Waals surface area contributed by atoms with Crippen LogP contribution in [-0.2, 0) is 16.6 Å². The highest BCUT2D eigenvalue weighted by Crippen LogP contribution is 2.19. The number of hydrogen-bond donors (Lipinski definition) is 1. The number of sulfonamides is 1. The Kier molecular flexibility index (Phi) is 6.11. The van der Waals surface area contributed by atoms with Gasteiger partial charge in [-0.2, -0.15) is 0 Å². The molecule has 0 bridgehead atoms. The zero-order chi connectivity index (χ0) is 20.1. The molecule has 1 heterocycles. The van der Waals surface area contributed by atoms with E-state index in [0.717, 1.165) is 10.0 Å². The fraction of sp³-hybridized carbons (Fsp3) is 0.100. The first kappa shape index (κ1) is 20.0. The van der Waals surface area contributed by atoms with Crippen molar-refractivity contribution >= 4 is 37.5 Å². The zero-order valence-electron chi connectivity index (χ0n) is 15.0. The number of benzene rings is 2. The molecule has 0 aliphatic rings. The van der Waals surface area contributed by atoms with Crippen LogP contribution in [0.3, 0.4) is 0 Å². The minimum atomic E-state index is -3.69. The van der Waals surface area contributed by atoms with E-state index in [1.807, 2.05) is 12.1 Å². The van der Waals surface area contributed by atoms with Crippen LogP contribution in [0.2, 0.25) is 0 Å². The molecule has 8 heteroatoms. The van der Waals surface area contributed by atoms with Gasteiger partial charge in [0.25, 0.3) is 15.9 Å². The molecule has 0 atom stereocenters. The number of rotatable bonds is 6. The van der Waals surface area contributed by atoms with Crippen molar-refractivity contribution in [3.63, 3.8) is 0 Å². The topological polar surface area (TPSA) is 79.4 Å². The van der Waals surface area contributed by atoms with E-state index in [-0.39, 0.29) is 10.8 Å². The molecular weight excluding hydrogens is 442 g/mol. The van der Waals surface area contributed by atoms with E-state index in [9.17, 15) is 13.2 Å². The third-order valence-corrected chi connectivity index (χ3v) is 5.95. The largest absolute Gasteiger partial charge is 0.337 e. The zero-order valence-corrected chi connectivity index (χ0v) is 17.4. The molecule has 0 unspecified atom stereocenters. The SMILES string of the molecule is CN(Cc1ccncc1)C(=O)c1ccc(NS(=O)(=O)c2ccc(Br)cc2)cc1. The van der Waals surface area contributed by atoms with E-state index in [1.54, 1.807) is 60.7 Å². The molecule has 144 valence electrons. The van der Waals surface area contributed by atoms with Crippen LogP contribution >= 0.6 is 15.9 Å². The normalized spacial score (nSPS) is 11.1. The Morgan fingerprint density at radius 2 is 1.61 bits per heavy atom. The molecule has 0 aliphatic carbocycles. The Morgan fingerprint density at radius 1 is 1.00 bits per heavy atom. The summed E-state index contributed by atoms with van der Waals surface area (Å²) >= 11 is 3.28. The fourth-order valence-corrected chi connectivity index (χ4v) is 3.89. The van der Waals surface area contributed by atoms with Gasteiger partial charge in [0.05, 0.1) is 4.90 Å². The van der Waals surface area contributed by atoms with E-state index in [4.69, 9.17) is 0 Å². The molecule has 0 saturated heterocycles. The molecular formula is C20H18BrN3O3S. The van der Waals surface area contributed by atoms with Crippen molar-refractivity contribution in [3.05, 3.63) is 88.7 Å². The van der Waals surface area contributed by atoms with E-state index in [1.165, 1.54) is 12.1 Å². The van der Waals surface area contributed by atoms with Gasteiger partial charge in [-0.15, -0.1) is 0 Å². The van der Waals surface area contributed by atoms with E-state index in [2.05, 4.69) is 25.6 Å². The molecule has 0 aliphatic heterocycles. The van der Waals surface area contributed by atoms with Gasteiger partial charge in [-0.05, 0) is 66.2 Å². The number of nitrogens with zero attached hydrogens (tertiary/aromatic N) is 2. The predicted molar refractivity (Wildman–Crippen MR) is 111 cm³/mol. The number of aromatic nitrogens is 1. The van der Waals surface area contributed by atoms with Crippen molar-refractivity contribution in [3.8, 4) is 0 Å². The van der Waals surface area contributed by atoms with Gasteiger partial charge in [0.2, 0.25) is 0 Å². The third-order valence-electron chi connectivity index (χ3n) is 4.02. The number of anilines is 1. The first-order valence-electron chi connectivity index (χ1n) is 8.38. The number of carbonyl (C=O) groups is 1. The fourth-order valence-electron chi connectivity index (χ4n) is 2.56. The first-order valence-corrected chi connectivity index (χ1v) is 10.7. The average Bonchev–Trinajstić information content (AvgIpc) is 2.69. The summed E-state index contributed by atoms with van der Waals surface area (Å²) < 4.78 is 28.2. The summed E-state index contributed by atoms with van der Waals surface area (Å²) in [4.78, 5) is 18.3. The Balaban J connectivity index is 1.69. The molecule has 28 heavy (non-hydrogen) atoms. The number of halogens is 1. The van der Waals surface area contributed by atoms with Gasteiger partial charge in [0, 0.05) is 41.7 Å². The standard InChI is InChI=1S/C20H18BrN3O3S/c1-24(14-15-10-12-22-13-11-15)20(25)16-2-6-18(7-3-16)23-28(26,27)19-8-4-17(21)5-9-19/h2-13,23H,14H2,1H3. The second kappa shape index (κ2) is 8.53. The van der Waals surface area contributed by atoms with E-state index in [0.29, 0.717) is 17.8 Å². The molecule has 6 nitrogen and oxygen atoms in total. The minimum absolute atomic E-state index is 0.154. The number of carbonyl (C=O) groups excluding carboxylic acids is 1. The van der Waals surface area contributed by atoms with Gasteiger partial charge in [-0.3, -0.25) is 14.5 Å². The van der Waals surface area contributed by atoms with Crippen LogP contribution < -0.4 is 4.72 Å². The van der Waals surface area contributed by atoms with Crippen molar-refractivity contribution in [2.24, 2.45) is 0 Å². The Hall–Kier alpha value is -2.71. The van der Waals surface area contributed by atoms with Crippen molar-refractivity contribution in [2.75, 3.05) is 11.8 Å². The van der Waals surface area contributed by atoms with Gasteiger partial charge in [0.15, 0.2) is 0 Å². The van der Waals surface area contributed by atoms with Crippen LogP contribution in [0.15, 0.2) is 82.4 Å². The Morgan fingerprint density at radius 3 is 2.21 bits per heavy atom. The molecule has 2 aromatic carbocycles. The van der Waals surface area contributed by atoms with Crippen LogP contribution in [0, 0.1) is 0 Å². The molecule has 3 rings (SSSR count). The number of nitrogens with one attached hydrogen (secondary N) is 1. The Labute approximate surface area is 172 Å². The van der Waals surface area contributed by atoms with Crippen molar-refractivity contribution in [1.82, 2.24) is 9.88 Å². The summed E-state index contributed by atoms with van der Waals surface area (Å²) in [5.74, 6) is -0.154. The number of hydrogen-bond acceptors (Lipinski definition) is 4. The first-order chi connectivity index (χ1) is 13.3. The molecule has 1 amide bonds. The number of pyridine rings is 1. The highest BCUT2D eigenvalue weighted by molar-refractivity contribution is 9.10. The van der Waals surface area contributed by atoms with Crippen LogP contribution in [0.1, 0.15) is 15.9 Å². The van der Waals surface area contributed by atoms with E-state index >= 15 is 0 Å². The van der Waals surface area contributed by atoms with Gasteiger partial charge in [0.1, 0.15) is 0 Å². The maximum Gasteiger partial charge on any atom is 0.261 e. The monoisotopic (exact) mass is 459 g/mol. The van der Waals surface area contributed by atoms with Crippen molar-refractivity contribution < 1.29 is 13.2 Å². The predicted octanol–water partition coefficient (Wildman–Crippen LogP) is 3.92. The van der Waals surface area contributed by atoms with Gasteiger partial charge >= 0.3 is 0 Å². The summed E-state index contributed by atoms with van der Waals surface area (Å²) in [5, 5.41) is 0. The lowest BCUT2D eigenvalue weighted by Crippen LogP contribution is -2.26. The van der Waals surface area contributed by atoms with Gasteiger partial charge < -0.3 is 4.90 Å². The molecule has 0 spiro atoms. The van der Waals surface area contributed by atoms with Gasteiger partial charge in [-0.1, -0.05) is 15.9 Å². The highest BCUT2D eigenvalue weighted by atomic mass is 79.9. The lowest BCUT2D eigenvalue weighted by Gasteiger charge is -2.17. The van der Waals surface area contributed by atoms with Crippen LogP contribution in [0.4, 0.5) is 5.69 Å². The summed E-state index contributed by atoms with van der Waals surface area (Å²) in [7, 11) is -1.98. The maximum atomic E-state index is 12.6. The summed E-state index contributed by atoms with van der Waals surface area (Å²) in [5.41, 5.74) is 1.84. The molecule has 1 aromatic heterocycles. The lowest BCUT2D eigenvalue weighted by atomic mass is 10.1. The molecule has 3 aromatic rings. The van der Waals surface area contributed by atoms with Crippen LogP contribution in [0.5, 0.6) is 0 Å². The maximum absolute atomic E-state index is 12.6. The highest BCUT2D eigenvalue weighted by Gasteiger charge is 2.15. The van der Waals surface area contributed by atoms with Crippen molar-refractivity contribution in [1.29, 1.82) is 0 Å². The second-order valence-electron chi connectivity index (χ2n) is 6.15. The van der Waals surface area contributed by atoms with Gasteiger partial charge in [-0.25, -0.2) is 8.42 Å². The summed E-state index contributed by atoms with van der Waals surface area (Å²) in [6.07, 6.45) is 3.36. The Bertz CT molecular complexity index is 1050. The lowest BCUT2D eigenvalue weighted by molar-refractivity contribution is 0.0785. The smallest absolute Gasteiger partial charge is 0.261 e. The third kappa shape index (κ3) is 4.96. The number of amides is 1. The van der Waals surface area contributed by atoms with Crippen LogP contribution in [0.25, 0.3) is 0 Å². The summed E-state index contributed by atoms with van der Waals surface area (Å²) in [6, 6.07) is 16.4. The average molecular weight is 460 g/mol. The minimum Gasteiger partial charge on any atom is -0.337 e. The molecule has 0 fully saturated rings. The summed E-state index contributed by atoms with van der Waals surface area (Å²) in [6.45, 7) is 0.458. The van der Waals surface area contributed by atoms with E-state index < -0.39 is 10.0 Å². The van der Waals surface area contributed by atoms with Crippen molar-refractivity contribution in [2.45, 2.75) is 11.4 Å². The molecule has 0 radical (unpaired) electrons. The second-order valence-corrected chi connectivity index (χ2v) is 8.75. The van der Waals surface area contributed by atoms with Crippen LogP contribution in [-0.4, -0.2) is 31.3 Å².